The van der Waals surface area contributed by atoms with Crippen LogP contribution in [0.2, 0.25) is 10.2 Å². The van der Waals surface area contributed by atoms with Crippen LogP contribution in [0.5, 0.6) is 0 Å². The number of pyridine rings is 1. The highest BCUT2D eigenvalue weighted by molar-refractivity contribution is 6.34. The van der Waals surface area contributed by atoms with Gasteiger partial charge in [0.15, 0.2) is 0 Å². The van der Waals surface area contributed by atoms with Crippen molar-refractivity contribution in [1.29, 1.82) is 0 Å². The maximum absolute atomic E-state index is 6.18. The molecule has 0 aliphatic heterocycles. The second-order valence-electron chi connectivity index (χ2n) is 4.77. The van der Waals surface area contributed by atoms with Crippen LogP contribution in [0.1, 0.15) is 19.4 Å². The summed E-state index contributed by atoms with van der Waals surface area (Å²) in [7, 11) is 4.17. The van der Waals surface area contributed by atoms with Gasteiger partial charge in [-0.3, -0.25) is 4.90 Å². The van der Waals surface area contributed by atoms with E-state index in [0.717, 1.165) is 25.2 Å². The molecular weight excluding hydrogens is 269 g/mol. The van der Waals surface area contributed by atoms with Gasteiger partial charge in [-0.2, -0.15) is 0 Å². The molecule has 0 aromatic carbocycles. The van der Waals surface area contributed by atoms with E-state index in [0.29, 0.717) is 16.2 Å². The molecule has 0 amide bonds. The first-order valence-corrected chi connectivity index (χ1v) is 6.88. The van der Waals surface area contributed by atoms with Crippen molar-refractivity contribution in [3.63, 3.8) is 0 Å². The Morgan fingerprint density at radius 1 is 1.33 bits per heavy atom. The smallest absolute Gasteiger partial charge is 0.130 e. The Bertz CT molecular complexity index is 382. The first-order chi connectivity index (χ1) is 8.43. The van der Waals surface area contributed by atoms with Crippen LogP contribution >= 0.6 is 23.2 Å². The van der Waals surface area contributed by atoms with Crippen LogP contribution in [0.3, 0.4) is 0 Å². The molecule has 0 bridgehead atoms. The average molecular weight is 290 g/mol. The van der Waals surface area contributed by atoms with Crippen LogP contribution in [0.4, 0.5) is 0 Å². The Balaban J connectivity index is 2.73. The monoisotopic (exact) mass is 289 g/mol. The molecule has 0 saturated heterocycles. The van der Waals surface area contributed by atoms with Crippen molar-refractivity contribution in [1.82, 2.24) is 14.8 Å². The van der Waals surface area contributed by atoms with E-state index in [-0.39, 0.29) is 0 Å². The van der Waals surface area contributed by atoms with Crippen molar-refractivity contribution in [3.8, 4) is 0 Å². The van der Waals surface area contributed by atoms with Crippen LogP contribution < -0.4 is 0 Å². The third-order valence-corrected chi connectivity index (χ3v) is 3.49. The normalized spacial score (nSPS) is 13.3. The van der Waals surface area contributed by atoms with Crippen molar-refractivity contribution < 1.29 is 0 Å². The average Bonchev–Trinajstić information content (AvgIpc) is 2.27. The van der Waals surface area contributed by atoms with Gasteiger partial charge in [0.05, 0.1) is 0 Å². The number of hydrogen-bond donors (Lipinski definition) is 0. The fraction of sp³-hybridized carbons (Fsp3) is 0.615. The topological polar surface area (TPSA) is 19.4 Å². The van der Waals surface area contributed by atoms with Crippen LogP contribution in [0.25, 0.3) is 0 Å². The second kappa shape index (κ2) is 7.29. The fourth-order valence-corrected chi connectivity index (χ4v) is 2.42. The molecule has 102 valence electrons. The number of hydrogen-bond acceptors (Lipinski definition) is 3. The molecule has 1 atom stereocenters. The van der Waals surface area contributed by atoms with E-state index in [1.807, 2.05) is 0 Å². The number of halogens is 2. The number of aromatic nitrogens is 1. The molecule has 1 heterocycles. The quantitative estimate of drug-likeness (QED) is 0.750. The zero-order chi connectivity index (χ0) is 13.7. The van der Waals surface area contributed by atoms with Crippen LogP contribution in [-0.4, -0.2) is 48.0 Å². The minimum absolute atomic E-state index is 0.438. The SMILES string of the molecule is CCN(Cc1cnc(Cl)cc1Cl)C(C)CN(C)C. The lowest BCUT2D eigenvalue weighted by molar-refractivity contribution is 0.174. The third kappa shape index (κ3) is 4.73. The molecule has 18 heavy (non-hydrogen) atoms. The van der Waals surface area contributed by atoms with Gasteiger partial charge >= 0.3 is 0 Å². The van der Waals surface area contributed by atoms with Crippen LogP contribution in [0.15, 0.2) is 12.3 Å². The second-order valence-corrected chi connectivity index (χ2v) is 5.57. The molecule has 1 aromatic heterocycles. The Morgan fingerprint density at radius 3 is 2.50 bits per heavy atom. The summed E-state index contributed by atoms with van der Waals surface area (Å²) in [4.78, 5) is 8.65. The Labute approximate surface area is 120 Å². The fourth-order valence-electron chi connectivity index (χ4n) is 1.99. The summed E-state index contributed by atoms with van der Waals surface area (Å²) < 4.78 is 0. The van der Waals surface area contributed by atoms with Crippen LogP contribution in [0, 0.1) is 0 Å². The van der Waals surface area contributed by atoms with E-state index in [1.165, 1.54) is 0 Å². The molecule has 3 nitrogen and oxygen atoms in total. The molecule has 1 unspecified atom stereocenters. The molecular formula is C13H21Cl2N3. The van der Waals surface area contributed by atoms with Crippen molar-refractivity contribution in [2.75, 3.05) is 27.2 Å². The Kier molecular flexibility index (Phi) is 6.36. The van der Waals surface area contributed by atoms with Gasteiger partial charge in [-0.25, -0.2) is 4.98 Å². The number of rotatable bonds is 6. The molecule has 0 radical (unpaired) electrons. The van der Waals surface area contributed by atoms with Crippen molar-refractivity contribution >= 4 is 23.2 Å². The van der Waals surface area contributed by atoms with Gasteiger partial charge in [0.1, 0.15) is 5.15 Å². The summed E-state index contributed by atoms with van der Waals surface area (Å²) in [5.41, 5.74) is 1.02. The maximum atomic E-state index is 6.18. The molecule has 0 spiro atoms. The first kappa shape index (κ1) is 15.7. The van der Waals surface area contributed by atoms with Crippen molar-refractivity contribution in [2.24, 2.45) is 0 Å². The van der Waals surface area contributed by atoms with E-state index in [9.17, 15) is 0 Å². The van der Waals surface area contributed by atoms with E-state index in [4.69, 9.17) is 23.2 Å². The predicted molar refractivity (Wildman–Crippen MR) is 78.4 cm³/mol. The highest BCUT2D eigenvalue weighted by Crippen LogP contribution is 2.20. The standard InChI is InChI=1S/C13H21Cl2N3/c1-5-18(10(2)8-17(3)4)9-11-7-16-13(15)6-12(11)14/h6-7,10H,5,8-9H2,1-4H3. The summed E-state index contributed by atoms with van der Waals surface area (Å²) in [5, 5.41) is 1.12. The summed E-state index contributed by atoms with van der Waals surface area (Å²) in [6, 6.07) is 2.17. The van der Waals surface area contributed by atoms with Gasteiger partial charge in [-0.15, -0.1) is 0 Å². The number of nitrogens with zero attached hydrogens (tertiary/aromatic N) is 3. The molecule has 0 aliphatic carbocycles. The largest absolute Gasteiger partial charge is 0.308 e. The van der Waals surface area contributed by atoms with Crippen molar-refractivity contribution in [2.45, 2.75) is 26.4 Å². The van der Waals surface area contributed by atoms with Gasteiger partial charge in [-0.1, -0.05) is 30.1 Å². The maximum Gasteiger partial charge on any atom is 0.130 e. The zero-order valence-corrected chi connectivity index (χ0v) is 13.0. The van der Waals surface area contributed by atoms with E-state index in [2.05, 4.69) is 42.7 Å². The van der Waals surface area contributed by atoms with Gasteiger partial charge < -0.3 is 4.90 Å². The Morgan fingerprint density at radius 2 is 2.00 bits per heavy atom. The van der Waals surface area contributed by atoms with Crippen LogP contribution in [-0.2, 0) is 6.54 Å². The van der Waals surface area contributed by atoms with Crippen molar-refractivity contribution in [3.05, 3.63) is 28.0 Å². The first-order valence-electron chi connectivity index (χ1n) is 6.12. The highest BCUT2D eigenvalue weighted by Gasteiger charge is 2.15. The van der Waals surface area contributed by atoms with Gasteiger partial charge in [0, 0.05) is 35.9 Å². The summed E-state index contributed by atoms with van der Waals surface area (Å²) in [6.45, 7) is 7.18. The lowest BCUT2D eigenvalue weighted by Crippen LogP contribution is -2.39. The van der Waals surface area contributed by atoms with Gasteiger partial charge in [0.25, 0.3) is 0 Å². The lowest BCUT2D eigenvalue weighted by Gasteiger charge is -2.30. The molecule has 1 rings (SSSR count). The van der Waals surface area contributed by atoms with Gasteiger partial charge in [0.2, 0.25) is 0 Å². The Hall–Kier alpha value is -0.350. The van der Waals surface area contributed by atoms with E-state index >= 15 is 0 Å². The predicted octanol–water partition coefficient (Wildman–Crippen LogP) is 3.16. The minimum Gasteiger partial charge on any atom is -0.308 e. The van der Waals surface area contributed by atoms with Gasteiger partial charge in [-0.05, 0) is 33.6 Å². The summed E-state index contributed by atoms with van der Waals surface area (Å²) in [5.74, 6) is 0. The third-order valence-electron chi connectivity index (χ3n) is 2.93. The van der Waals surface area contributed by atoms with E-state index < -0.39 is 0 Å². The minimum atomic E-state index is 0.438. The molecule has 0 N–H and O–H groups in total. The van der Waals surface area contributed by atoms with E-state index in [1.54, 1.807) is 12.3 Å². The highest BCUT2D eigenvalue weighted by atomic mass is 35.5. The molecule has 5 heteroatoms. The number of likely N-dealkylation sites (N-methyl/N-ethyl adjacent to an activating group) is 2. The molecule has 1 aromatic rings. The lowest BCUT2D eigenvalue weighted by atomic mass is 10.2. The zero-order valence-electron chi connectivity index (χ0n) is 11.5. The summed E-state index contributed by atoms with van der Waals surface area (Å²) in [6.07, 6.45) is 1.76. The molecule has 0 aliphatic rings. The summed E-state index contributed by atoms with van der Waals surface area (Å²) >= 11 is 12.0. The molecule has 0 fully saturated rings. The molecule has 0 saturated carbocycles.